The summed E-state index contributed by atoms with van der Waals surface area (Å²) in [6.07, 6.45) is 3.90. The number of halogens is 2. The van der Waals surface area contributed by atoms with E-state index in [2.05, 4.69) is 15.9 Å². The molecule has 0 radical (unpaired) electrons. The van der Waals surface area contributed by atoms with Crippen LogP contribution in [0.2, 0.25) is 0 Å². The molecular formula is C10H10BrF. The highest BCUT2D eigenvalue weighted by molar-refractivity contribution is 9.10. The van der Waals surface area contributed by atoms with Gasteiger partial charge in [0.2, 0.25) is 0 Å². The van der Waals surface area contributed by atoms with Crippen molar-refractivity contribution in [3.05, 3.63) is 39.6 Å². The maximum Gasteiger partial charge on any atom is 0.137 e. The van der Waals surface area contributed by atoms with Crippen LogP contribution in [0.1, 0.15) is 18.1 Å². The number of rotatable bonds is 1. The molecule has 0 aromatic heterocycles. The molecular weight excluding hydrogens is 219 g/mol. The molecule has 0 unspecified atom stereocenters. The van der Waals surface area contributed by atoms with Gasteiger partial charge in [-0.3, -0.25) is 0 Å². The fraction of sp³-hybridized carbons (Fsp3) is 0.200. The summed E-state index contributed by atoms with van der Waals surface area (Å²) in [4.78, 5) is 0. The van der Waals surface area contributed by atoms with Gasteiger partial charge in [0.25, 0.3) is 0 Å². The second-order valence-electron chi connectivity index (χ2n) is 2.62. The van der Waals surface area contributed by atoms with E-state index >= 15 is 0 Å². The Morgan fingerprint density at radius 1 is 1.42 bits per heavy atom. The van der Waals surface area contributed by atoms with Crippen LogP contribution in [0.4, 0.5) is 4.39 Å². The van der Waals surface area contributed by atoms with Gasteiger partial charge in [0, 0.05) is 0 Å². The fourth-order valence-electron chi connectivity index (χ4n) is 1.02. The predicted molar refractivity (Wildman–Crippen MR) is 53.5 cm³/mol. The maximum absolute atomic E-state index is 12.9. The summed E-state index contributed by atoms with van der Waals surface area (Å²) in [6.45, 7) is 3.83. The molecule has 1 aromatic rings. The summed E-state index contributed by atoms with van der Waals surface area (Å²) in [5, 5.41) is 0. The lowest BCUT2D eigenvalue weighted by molar-refractivity contribution is 0.620. The molecule has 64 valence electrons. The molecule has 0 aliphatic rings. The van der Waals surface area contributed by atoms with E-state index in [0.29, 0.717) is 4.47 Å². The van der Waals surface area contributed by atoms with Gasteiger partial charge in [-0.2, -0.15) is 0 Å². The van der Waals surface area contributed by atoms with E-state index in [-0.39, 0.29) is 5.82 Å². The Morgan fingerprint density at radius 3 is 2.67 bits per heavy atom. The van der Waals surface area contributed by atoms with Crippen LogP contribution in [0, 0.1) is 12.7 Å². The first-order chi connectivity index (χ1) is 5.65. The minimum absolute atomic E-state index is 0.208. The highest BCUT2D eigenvalue weighted by Gasteiger charge is 2.01. The summed E-state index contributed by atoms with van der Waals surface area (Å²) >= 11 is 3.14. The summed E-state index contributed by atoms with van der Waals surface area (Å²) in [5.41, 5.74) is 2.00. The van der Waals surface area contributed by atoms with Crippen LogP contribution in [-0.4, -0.2) is 0 Å². The lowest BCUT2D eigenvalue weighted by Gasteiger charge is -2.01. The number of allylic oxidation sites excluding steroid dienone is 1. The molecule has 1 aromatic carbocycles. The predicted octanol–water partition coefficient (Wildman–Crippen LogP) is 3.93. The van der Waals surface area contributed by atoms with Crippen molar-refractivity contribution in [2.75, 3.05) is 0 Å². The van der Waals surface area contributed by atoms with Gasteiger partial charge in [-0.1, -0.05) is 12.2 Å². The van der Waals surface area contributed by atoms with Crippen molar-refractivity contribution in [2.24, 2.45) is 0 Å². The standard InChI is InChI=1S/C10H10BrF/c1-3-4-8-6-9(11)10(12)5-7(8)2/h3-6H,1-2H3/b4-3-. The quantitative estimate of drug-likeness (QED) is 0.684. The Hall–Kier alpha value is -0.630. The number of benzene rings is 1. The Balaban J connectivity index is 3.23. The molecule has 0 heterocycles. The van der Waals surface area contributed by atoms with Crippen molar-refractivity contribution in [1.29, 1.82) is 0 Å². The van der Waals surface area contributed by atoms with Gasteiger partial charge in [-0.05, 0) is 53.0 Å². The van der Waals surface area contributed by atoms with Gasteiger partial charge in [-0.15, -0.1) is 0 Å². The average molecular weight is 229 g/mol. The van der Waals surface area contributed by atoms with E-state index < -0.39 is 0 Å². The van der Waals surface area contributed by atoms with Crippen LogP contribution in [-0.2, 0) is 0 Å². The monoisotopic (exact) mass is 228 g/mol. The molecule has 0 saturated carbocycles. The Morgan fingerprint density at radius 2 is 2.08 bits per heavy atom. The van der Waals surface area contributed by atoms with E-state index in [4.69, 9.17) is 0 Å². The molecule has 0 bridgehead atoms. The van der Waals surface area contributed by atoms with Gasteiger partial charge < -0.3 is 0 Å². The lowest BCUT2D eigenvalue weighted by Crippen LogP contribution is -1.84. The molecule has 0 spiro atoms. The van der Waals surface area contributed by atoms with Crippen molar-refractivity contribution in [3.8, 4) is 0 Å². The van der Waals surface area contributed by atoms with Gasteiger partial charge in [0.05, 0.1) is 4.47 Å². The average Bonchev–Trinajstić information content (AvgIpc) is 2.01. The smallest absolute Gasteiger partial charge is 0.137 e. The topological polar surface area (TPSA) is 0 Å². The van der Waals surface area contributed by atoms with Crippen LogP contribution in [0.25, 0.3) is 6.08 Å². The lowest BCUT2D eigenvalue weighted by atomic mass is 10.1. The molecule has 1 rings (SSSR count). The third kappa shape index (κ3) is 1.95. The summed E-state index contributed by atoms with van der Waals surface area (Å²) in [6, 6.07) is 3.31. The van der Waals surface area contributed by atoms with Crippen molar-refractivity contribution in [3.63, 3.8) is 0 Å². The van der Waals surface area contributed by atoms with Crippen molar-refractivity contribution < 1.29 is 4.39 Å². The highest BCUT2D eigenvalue weighted by Crippen LogP contribution is 2.21. The van der Waals surface area contributed by atoms with Crippen molar-refractivity contribution in [1.82, 2.24) is 0 Å². The molecule has 12 heavy (non-hydrogen) atoms. The Labute approximate surface area is 80.2 Å². The second kappa shape index (κ2) is 3.85. The minimum Gasteiger partial charge on any atom is -0.206 e. The minimum atomic E-state index is -0.208. The third-order valence-corrected chi connectivity index (χ3v) is 2.26. The molecule has 0 amide bonds. The molecule has 0 N–H and O–H groups in total. The van der Waals surface area contributed by atoms with Gasteiger partial charge in [0.15, 0.2) is 0 Å². The Bertz CT molecular complexity index is 316. The van der Waals surface area contributed by atoms with Gasteiger partial charge >= 0.3 is 0 Å². The zero-order valence-corrected chi connectivity index (χ0v) is 8.65. The number of hydrogen-bond donors (Lipinski definition) is 0. The molecule has 0 saturated heterocycles. The van der Waals surface area contributed by atoms with Gasteiger partial charge in [-0.25, -0.2) is 4.39 Å². The van der Waals surface area contributed by atoms with Crippen LogP contribution >= 0.6 is 15.9 Å². The van der Waals surface area contributed by atoms with Crippen LogP contribution in [0.15, 0.2) is 22.7 Å². The molecule has 2 heteroatoms. The van der Waals surface area contributed by atoms with Crippen LogP contribution in [0.5, 0.6) is 0 Å². The van der Waals surface area contributed by atoms with E-state index in [1.807, 2.05) is 26.0 Å². The molecule has 0 atom stereocenters. The van der Waals surface area contributed by atoms with E-state index in [9.17, 15) is 4.39 Å². The van der Waals surface area contributed by atoms with E-state index in [0.717, 1.165) is 11.1 Å². The van der Waals surface area contributed by atoms with Crippen molar-refractivity contribution >= 4 is 22.0 Å². The van der Waals surface area contributed by atoms with Crippen LogP contribution < -0.4 is 0 Å². The summed E-state index contributed by atoms with van der Waals surface area (Å²) < 4.78 is 13.4. The van der Waals surface area contributed by atoms with Gasteiger partial charge in [0.1, 0.15) is 5.82 Å². The number of hydrogen-bond acceptors (Lipinski definition) is 0. The summed E-state index contributed by atoms with van der Waals surface area (Å²) in [7, 11) is 0. The fourth-order valence-corrected chi connectivity index (χ4v) is 1.38. The molecule has 0 aliphatic carbocycles. The SMILES string of the molecule is C/C=C\c1cc(Br)c(F)cc1C. The second-order valence-corrected chi connectivity index (χ2v) is 3.48. The molecule has 0 nitrogen and oxygen atoms in total. The first kappa shape index (κ1) is 9.46. The largest absolute Gasteiger partial charge is 0.206 e. The zero-order chi connectivity index (χ0) is 9.14. The van der Waals surface area contributed by atoms with E-state index in [1.54, 1.807) is 6.07 Å². The zero-order valence-electron chi connectivity index (χ0n) is 7.07. The van der Waals surface area contributed by atoms with Crippen LogP contribution in [0.3, 0.4) is 0 Å². The first-order valence-electron chi connectivity index (χ1n) is 3.73. The Kier molecular flexibility index (Phi) is 3.04. The number of aryl methyl sites for hydroxylation is 1. The molecule has 0 aliphatic heterocycles. The normalized spacial score (nSPS) is 11.0. The summed E-state index contributed by atoms with van der Waals surface area (Å²) in [5.74, 6) is -0.208. The molecule has 0 fully saturated rings. The highest BCUT2D eigenvalue weighted by atomic mass is 79.9. The first-order valence-corrected chi connectivity index (χ1v) is 4.53. The third-order valence-electron chi connectivity index (χ3n) is 1.66. The van der Waals surface area contributed by atoms with Crippen molar-refractivity contribution in [2.45, 2.75) is 13.8 Å². The maximum atomic E-state index is 12.9. The van der Waals surface area contributed by atoms with E-state index in [1.165, 1.54) is 6.07 Å².